The summed E-state index contributed by atoms with van der Waals surface area (Å²) >= 11 is 0. The summed E-state index contributed by atoms with van der Waals surface area (Å²) in [5.41, 5.74) is 5.95. The lowest BCUT2D eigenvalue weighted by atomic mass is 9.76. The first-order valence-corrected chi connectivity index (χ1v) is 7.09. The Morgan fingerprint density at radius 3 is 2.38 bits per heavy atom. The van der Waals surface area contributed by atoms with Crippen molar-refractivity contribution >= 4 is 0 Å². The highest BCUT2D eigenvalue weighted by Gasteiger charge is 2.33. The van der Waals surface area contributed by atoms with Crippen LogP contribution < -0.4 is 5.73 Å². The maximum atomic E-state index is 5.95. The van der Waals surface area contributed by atoms with E-state index in [9.17, 15) is 0 Å². The van der Waals surface area contributed by atoms with Crippen molar-refractivity contribution in [3.05, 3.63) is 0 Å². The van der Waals surface area contributed by atoms with Gasteiger partial charge in [0.1, 0.15) is 0 Å². The fourth-order valence-corrected chi connectivity index (χ4v) is 3.33. The van der Waals surface area contributed by atoms with Gasteiger partial charge in [-0.2, -0.15) is 0 Å². The summed E-state index contributed by atoms with van der Waals surface area (Å²) in [5.74, 6) is 1.66. The van der Waals surface area contributed by atoms with Gasteiger partial charge in [0.25, 0.3) is 0 Å². The van der Waals surface area contributed by atoms with Crippen LogP contribution in [0.15, 0.2) is 0 Å². The van der Waals surface area contributed by atoms with E-state index >= 15 is 0 Å². The van der Waals surface area contributed by atoms with Gasteiger partial charge in [0.15, 0.2) is 0 Å². The largest absolute Gasteiger partial charge is 0.330 e. The summed E-state index contributed by atoms with van der Waals surface area (Å²) in [4.78, 5) is 2.65. The molecular weight excluding hydrogens is 196 g/mol. The summed E-state index contributed by atoms with van der Waals surface area (Å²) in [5, 5.41) is 0. The number of rotatable bonds is 5. The van der Waals surface area contributed by atoms with Gasteiger partial charge in [-0.3, -0.25) is 4.90 Å². The standard InChI is InChI=1S/C14H30N2/c1-5-12-7-8-13(10-15)14(9-12)16(6-2)11(3)4/h11-14H,5-10,15H2,1-4H3. The summed E-state index contributed by atoms with van der Waals surface area (Å²) in [6, 6.07) is 1.38. The smallest absolute Gasteiger partial charge is 0.0141 e. The van der Waals surface area contributed by atoms with Crippen molar-refractivity contribution in [3.63, 3.8) is 0 Å². The van der Waals surface area contributed by atoms with Crippen molar-refractivity contribution in [3.8, 4) is 0 Å². The molecule has 96 valence electrons. The van der Waals surface area contributed by atoms with Crippen LogP contribution in [-0.4, -0.2) is 30.1 Å². The molecule has 1 aliphatic rings. The van der Waals surface area contributed by atoms with E-state index in [0.29, 0.717) is 6.04 Å². The van der Waals surface area contributed by atoms with Crippen LogP contribution in [0.4, 0.5) is 0 Å². The van der Waals surface area contributed by atoms with Crippen LogP contribution in [0.2, 0.25) is 0 Å². The molecule has 3 unspecified atom stereocenters. The SMILES string of the molecule is CCC1CCC(CN)C(N(CC)C(C)C)C1. The molecule has 0 radical (unpaired) electrons. The van der Waals surface area contributed by atoms with Gasteiger partial charge in [-0.1, -0.05) is 26.7 Å². The molecule has 1 rings (SSSR count). The number of hydrogen-bond donors (Lipinski definition) is 1. The molecule has 0 heterocycles. The average Bonchev–Trinajstić information content (AvgIpc) is 2.29. The van der Waals surface area contributed by atoms with Gasteiger partial charge >= 0.3 is 0 Å². The van der Waals surface area contributed by atoms with E-state index in [1.807, 2.05) is 0 Å². The molecule has 2 nitrogen and oxygen atoms in total. The van der Waals surface area contributed by atoms with Crippen molar-refractivity contribution < 1.29 is 0 Å². The molecule has 1 fully saturated rings. The number of hydrogen-bond acceptors (Lipinski definition) is 2. The lowest BCUT2D eigenvalue weighted by Gasteiger charge is -2.44. The van der Waals surface area contributed by atoms with E-state index in [1.54, 1.807) is 0 Å². The van der Waals surface area contributed by atoms with Gasteiger partial charge in [-0.25, -0.2) is 0 Å². The molecule has 2 N–H and O–H groups in total. The summed E-state index contributed by atoms with van der Waals surface area (Å²) in [7, 11) is 0. The lowest BCUT2D eigenvalue weighted by Crippen LogP contribution is -2.49. The molecular formula is C14H30N2. The predicted molar refractivity (Wildman–Crippen MR) is 71.5 cm³/mol. The zero-order chi connectivity index (χ0) is 12.1. The quantitative estimate of drug-likeness (QED) is 0.781. The molecule has 0 aromatic heterocycles. The molecule has 0 aliphatic heterocycles. The zero-order valence-corrected chi connectivity index (χ0v) is 11.6. The normalized spacial score (nSPS) is 31.3. The molecule has 1 saturated carbocycles. The van der Waals surface area contributed by atoms with Crippen molar-refractivity contribution in [1.29, 1.82) is 0 Å². The predicted octanol–water partition coefficient (Wildman–Crippen LogP) is 2.87. The van der Waals surface area contributed by atoms with Crippen LogP contribution in [0, 0.1) is 11.8 Å². The maximum absolute atomic E-state index is 5.95. The Hall–Kier alpha value is -0.0800. The Morgan fingerprint density at radius 1 is 1.25 bits per heavy atom. The first-order chi connectivity index (χ1) is 7.63. The van der Waals surface area contributed by atoms with Crippen LogP contribution in [0.5, 0.6) is 0 Å². The minimum Gasteiger partial charge on any atom is -0.330 e. The Labute approximate surface area is 102 Å². The second-order valence-corrected chi connectivity index (χ2v) is 5.57. The molecule has 0 amide bonds. The fraction of sp³-hybridized carbons (Fsp3) is 1.00. The molecule has 3 atom stereocenters. The Bertz CT molecular complexity index is 191. The van der Waals surface area contributed by atoms with Crippen molar-refractivity contribution in [2.24, 2.45) is 17.6 Å². The summed E-state index contributed by atoms with van der Waals surface area (Å²) < 4.78 is 0. The highest BCUT2D eigenvalue weighted by molar-refractivity contribution is 4.88. The Morgan fingerprint density at radius 2 is 1.94 bits per heavy atom. The minimum atomic E-state index is 0.652. The van der Waals surface area contributed by atoms with Crippen molar-refractivity contribution in [1.82, 2.24) is 4.90 Å². The van der Waals surface area contributed by atoms with Gasteiger partial charge in [0.2, 0.25) is 0 Å². The van der Waals surface area contributed by atoms with E-state index in [0.717, 1.165) is 31.0 Å². The highest BCUT2D eigenvalue weighted by atomic mass is 15.2. The second-order valence-electron chi connectivity index (χ2n) is 5.57. The van der Waals surface area contributed by atoms with Gasteiger partial charge in [0, 0.05) is 12.1 Å². The van der Waals surface area contributed by atoms with Crippen LogP contribution >= 0.6 is 0 Å². The van der Waals surface area contributed by atoms with E-state index < -0.39 is 0 Å². The third kappa shape index (κ3) is 3.21. The average molecular weight is 226 g/mol. The summed E-state index contributed by atoms with van der Waals surface area (Å²) in [6.45, 7) is 11.3. The van der Waals surface area contributed by atoms with Gasteiger partial charge < -0.3 is 5.73 Å². The number of nitrogens with zero attached hydrogens (tertiary/aromatic N) is 1. The monoisotopic (exact) mass is 226 g/mol. The lowest BCUT2D eigenvalue weighted by molar-refractivity contribution is 0.0612. The van der Waals surface area contributed by atoms with E-state index in [2.05, 4.69) is 32.6 Å². The number of nitrogens with two attached hydrogens (primary N) is 1. The van der Waals surface area contributed by atoms with E-state index in [-0.39, 0.29) is 0 Å². The van der Waals surface area contributed by atoms with Crippen molar-refractivity contribution in [2.75, 3.05) is 13.1 Å². The first-order valence-electron chi connectivity index (χ1n) is 7.09. The maximum Gasteiger partial charge on any atom is 0.0141 e. The fourth-order valence-electron chi connectivity index (χ4n) is 3.33. The molecule has 0 aromatic carbocycles. The minimum absolute atomic E-state index is 0.652. The van der Waals surface area contributed by atoms with Crippen molar-refractivity contribution in [2.45, 2.75) is 65.5 Å². The molecule has 0 spiro atoms. The Kier molecular flexibility index (Phi) is 5.77. The van der Waals surface area contributed by atoms with Gasteiger partial charge in [0.05, 0.1) is 0 Å². The van der Waals surface area contributed by atoms with Crippen LogP contribution in [0.1, 0.15) is 53.4 Å². The molecule has 1 aliphatic carbocycles. The topological polar surface area (TPSA) is 29.3 Å². The zero-order valence-electron chi connectivity index (χ0n) is 11.6. The molecule has 0 saturated heterocycles. The van der Waals surface area contributed by atoms with E-state index in [4.69, 9.17) is 5.73 Å². The third-order valence-electron chi connectivity index (χ3n) is 4.40. The van der Waals surface area contributed by atoms with E-state index in [1.165, 1.54) is 25.7 Å². The molecule has 0 aromatic rings. The van der Waals surface area contributed by atoms with Crippen LogP contribution in [0.25, 0.3) is 0 Å². The third-order valence-corrected chi connectivity index (χ3v) is 4.40. The molecule has 2 heteroatoms. The highest BCUT2D eigenvalue weighted by Crippen LogP contribution is 2.34. The first kappa shape index (κ1) is 14.0. The summed E-state index contributed by atoms with van der Waals surface area (Å²) in [6.07, 6.45) is 5.43. The van der Waals surface area contributed by atoms with Gasteiger partial charge in [-0.15, -0.1) is 0 Å². The Balaban J connectivity index is 2.69. The van der Waals surface area contributed by atoms with Crippen LogP contribution in [-0.2, 0) is 0 Å². The molecule has 16 heavy (non-hydrogen) atoms. The van der Waals surface area contributed by atoms with Gasteiger partial charge in [-0.05, 0) is 51.6 Å². The van der Waals surface area contributed by atoms with Crippen LogP contribution in [0.3, 0.4) is 0 Å². The molecule has 0 bridgehead atoms. The second kappa shape index (κ2) is 6.61.